The zero-order valence-corrected chi connectivity index (χ0v) is 10.7. The second-order valence-corrected chi connectivity index (χ2v) is 7.30. The number of rotatable bonds is 3. The first-order chi connectivity index (χ1) is 6.88. The smallest absolute Gasteiger partial charge is 0.369 e. The molecular weight excluding hydrogens is 307 g/mol. The average Bonchev–Trinajstić information content (AvgIpc) is 2.71. The third-order valence-corrected chi connectivity index (χ3v) is 5.84. The summed E-state index contributed by atoms with van der Waals surface area (Å²) in [7, 11) is 1.71. The van der Waals surface area contributed by atoms with Crippen LogP contribution in [-0.4, -0.2) is 7.11 Å². The van der Waals surface area contributed by atoms with Gasteiger partial charge in [-0.3, -0.25) is 0 Å². The molecule has 0 atom stereocenters. The van der Waals surface area contributed by atoms with Crippen LogP contribution < -0.4 is 25.9 Å². The molecule has 1 aromatic carbocycles. The monoisotopic (exact) mass is 317 g/mol. The standard InChI is InChI=1S/C11H10IOS/c1-13-10-5-2-4-9(8-10)12-11-6-3-7-14-11/h2-8H,1H3/q+1. The molecule has 0 radical (unpaired) electrons. The summed E-state index contributed by atoms with van der Waals surface area (Å²) in [5, 5.41) is 2.13. The van der Waals surface area contributed by atoms with Gasteiger partial charge in [-0.2, -0.15) is 0 Å². The maximum absolute atomic E-state index is 5.20. The lowest BCUT2D eigenvalue weighted by molar-refractivity contribution is -0.591. The quantitative estimate of drug-likeness (QED) is 0.718. The van der Waals surface area contributed by atoms with Crippen molar-refractivity contribution < 1.29 is 25.9 Å². The highest BCUT2D eigenvalue weighted by atomic mass is 127. The molecule has 0 spiro atoms. The number of hydrogen-bond donors (Lipinski definition) is 0. The molecule has 0 N–H and O–H groups in total. The number of halogens is 1. The summed E-state index contributed by atoms with van der Waals surface area (Å²) in [5.74, 6) is 0.957. The fraction of sp³-hybridized carbons (Fsp3) is 0.0909. The molecule has 72 valence electrons. The number of ether oxygens (including phenoxy) is 1. The van der Waals surface area contributed by atoms with Crippen molar-refractivity contribution in [3.8, 4) is 5.75 Å². The second kappa shape index (κ2) is 4.79. The van der Waals surface area contributed by atoms with E-state index in [1.807, 2.05) is 17.4 Å². The molecule has 2 rings (SSSR count). The number of benzene rings is 1. The minimum atomic E-state index is -0.0181. The Labute approximate surface area is 98.0 Å². The largest absolute Gasteiger partial charge is 0.497 e. The van der Waals surface area contributed by atoms with Gasteiger partial charge in [-0.1, -0.05) is 17.4 Å². The van der Waals surface area contributed by atoms with E-state index in [0.717, 1.165) is 5.75 Å². The van der Waals surface area contributed by atoms with Gasteiger partial charge >= 0.3 is 21.2 Å². The summed E-state index contributed by atoms with van der Waals surface area (Å²) < 4.78 is 8.10. The van der Waals surface area contributed by atoms with Crippen LogP contribution >= 0.6 is 11.3 Å². The molecule has 0 aliphatic rings. The minimum absolute atomic E-state index is 0.0181. The van der Waals surface area contributed by atoms with E-state index in [0.29, 0.717) is 0 Å². The molecule has 3 heteroatoms. The van der Waals surface area contributed by atoms with Gasteiger partial charge in [0.15, 0.2) is 3.57 Å². The second-order valence-electron chi connectivity index (χ2n) is 2.67. The lowest BCUT2D eigenvalue weighted by atomic mass is 10.3. The molecule has 0 fully saturated rings. The highest BCUT2D eigenvalue weighted by molar-refractivity contribution is 7.07. The Morgan fingerprint density at radius 1 is 1.21 bits per heavy atom. The zero-order chi connectivity index (χ0) is 9.80. The summed E-state index contributed by atoms with van der Waals surface area (Å²) in [6.45, 7) is 0. The van der Waals surface area contributed by atoms with E-state index in [9.17, 15) is 0 Å². The van der Waals surface area contributed by atoms with E-state index in [1.165, 1.54) is 6.45 Å². The highest BCUT2D eigenvalue weighted by Crippen LogP contribution is 2.06. The predicted octanol–water partition coefficient (Wildman–Crippen LogP) is -0.115. The van der Waals surface area contributed by atoms with Crippen LogP contribution in [0.5, 0.6) is 5.75 Å². The third-order valence-electron chi connectivity index (χ3n) is 1.72. The number of methoxy groups -OCH3 is 1. The Hall–Kier alpha value is -0.550. The van der Waals surface area contributed by atoms with Crippen molar-refractivity contribution >= 4 is 11.3 Å². The molecule has 2 aromatic rings. The van der Waals surface area contributed by atoms with Crippen LogP contribution in [0.3, 0.4) is 0 Å². The summed E-state index contributed by atoms with van der Waals surface area (Å²) >= 11 is 1.82. The van der Waals surface area contributed by atoms with E-state index in [2.05, 4.69) is 35.7 Å². The molecule has 0 saturated carbocycles. The minimum Gasteiger partial charge on any atom is -0.497 e. The van der Waals surface area contributed by atoms with E-state index >= 15 is 0 Å². The molecule has 14 heavy (non-hydrogen) atoms. The first-order valence-corrected chi connectivity index (χ1v) is 7.24. The molecule has 1 aromatic heterocycles. The topological polar surface area (TPSA) is 9.23 Å². The maximum atomic E-state index is 5.20. The summed E-state index contributed by atoms with van der Waals surface area (Å²) in [4.78, 5) is 0. The van der Waals surface area contributed by atoms with Gasteiger partial charge in [-0.05, 0) is 23.6 Å². The van der Waals surface area contributed by atoms with E-state index < -0.39 is 0 Å². The first-order valence-electron chi connectivity index (χ1n) is 4.21. The molecule has 0 unspecified atom stereocenters. The van der Waals surface area contributed by atoms with Crippen molar-refractivity contribution in [2.45, 2.75) is 0 Å². The first kappa shape index (κ1) is 9.98. The number of hydrogen-bond acceptors (Lipinski definition) is 2. The van der Waals surface area contributed by atoms with Crippen LogP contribution in [0.2, 0.25) is 0 Å². The van der Waals surface area contributed by atoms with Crippen molar-refractivity contribution in [2.24, 2.45) is 0 Å². The number of thiophene rings is 1. The van der Waals surface area contributed by atoms with Gasteiger partial charge in [0, 0.05) is 12.1 Å². The highest BCUT2D eigenvalue weighted by Gasteiger charge is 2.16. The van der Waals surface area contributed by atoms with Gasteiger partial charge in [0.1, 0.15) is 5.75 Å². The van der Waals surface area contributed by atoms with Crippen molar-refractivity contribution in [3.63, 3.8) is 0 Å². The lowest BCUT2D eigenvalue weighted by Gasteiger charge is -1.95. The predicted molar refractivity (Wildman–Crippen MR) is 54.7 cm³/mol. The van der Waals surface area contributed by atoms with Crippen LogP contribution in [0.4, 0.5) is 0 Å². The van der Waals surface area contributed by atoms with Gasteiger partial charge in [-0.25, -0.2) is 0 Å². The average molecular weight is 317 g/mol. The van der Waals surface area contributed by atoms with Gasteiger partial charge in [0.25, 0.3) is 0 Å². The Balaban J connectivity index is 2.17. The molecule has 0 amide bonds. The third kappa shape index (κ3) is 2.48. The summed E-state index contributed by atoms with van der Waals surface area (Å²) in [6, 6.07) is 12.7. The van der Waals surface area contributed by atoms with Gasteiger partial charge in [0.05, 0.1) is 7.11 Å². The van der Waals surface area contributed by atoms with Crippen LogP contribution in [0, 0.1) is 6.45 Å². The molecule has 0 aliphatic heterocycles. The SMILES string of the molecule is COc1cccc([I+]c2cccs2)c1. The van der Waals surface area contributed by atoms with Crippen LogP contribution in [0.15, 0.2) is 41.8 Å². The Bertz CT molecular complexity index is 397. The van der Waals surface area contributed by atoms with Crippen LogP contribution in [-0.2, 0) is 0 Å². The Morgan fingerprint density at radius 3 is 2.86 bits per heavy atom. The lowest BCUT2D eigenvalue weighted by Crippen LogP contribution is -3.61. The summed E-state index contributed by atoms with van der Waals surface area (Å²) in [6.07, 6.45) is 0. The molecule has 1 nitrogen and oxygen atoms in total. The Morgan fingerprint density at radius 2 is 2.14 bits per heavy atom. The molecule has 1 heterocycles. The Kier molecular flexibility index (Phi) is 3.42. The van der Waals surface area contributed by atoms with Crippen LogP contribution in [0.25, 0.3) is 0 Å². The fourth-order valence-corrected chi connectivity index (χ4v) is 4.83. The molecule has 0 saturated heterocycles. The molecule has 0 aliphatic carbocycles. The zero-order valence-electron chi connectivity index (χ0n) is 7.74. The normalized spacial score (nSPS) is 10.1. The van der Waals surface area contributed by atoms with E-state index in [-0.39, 0.29) is 21.2 Å². The summed E-state index contributed by atoms with van der Waals surface area (Å²) in [5.41, 5.74) is 0. The maximum Gasteiger partial charge on any atom is 0.369 e. The molecule has 0 bridgehead atoms. The van der Waals surface area contributed by atoms with E-state index in [4.69, 9.17) is 4.74 Å². The molecular formula is C11H10IOS+. The van der Waals surface area contributed by atoms with Crippen molar-refractivity contribution in [1.29, 1.82) is 0 Å². The van der Waals surface area contributed by atoms with Crippen LogP contribution in [0.1, 0.15) is 0 Å². The van der Waals surface area contributed by atoms with Crippen molar-refractivity contribution in [3.05, 3.63) is 48.2 Å². The van der Waals surface area contributed by atoms with E-state index in [1.54, 1.807) is 7.11 Å². The fourth-order valence-electron chi connectivity index (χ4n) is 1.07. The van der Waals surface area contributed by atoms with Crippen molar-refractivity contribution in [1.82, 2.24) is 0 Å². The van der Waals surface area contributed by atoms with Gasteiger partial charge in [-0.15, -0.1) is 0 Å². The van der Waals surface area contributed by atoms with Crippen molar-refractivity contribution in [2.75, 3.05) is 7.11 Å². The van der Waals surface area contributed by atoms with Gasteiger partial charge in [0.2, 0.25) is 2.88 Å². The van der Waals surface area contributed by atoms with Gasteiger partial charge < -0.3 is 4.74 Å².